The van der Waals surface area contributed by atoms with Gasteiger partial charge in [-0.25, -0.2) is 9.37 Å². The van der Waals surface area contributed by atoms with Crippen molar-refractivity contribution in [3.63, 3.8) is 0 Å². The van der Waals surface area contributed by atoms with Gasteiger partial charge in [-0.1, -0.05) is 12.1 Å². The summed E-state index contributed by atoms with van der Waals surface area (Å²) in [7, 11) is 0. The lowest BCUT2D eigenvalue weighted by atomic mass is 10.0. The highest BCUT2D eigenvalue weighted by Gasteiger charge is 2.29. The standard InChI is InChI=1S/C23H23FN4O/c1-15-13-27-16(2)22(28-15)19-8-9-21(24)20-12-18(29-23(19)20)14-25-10-5-7-17-6-3-4-11-26-17/h3-9,11,13,18,25H,10,12,14H2,1-2H3/b7-5+. The molecule has 29 heavy (non-hydrogen) atoms. The zero-order valence-corrected chi connectivity index (χ0v) is 16.5. The summed E-state index contributed by atoms with van der Waals surface area (Å²) >= 11 is 0. The monoisotopic (exact) mass is 390 g/mol. The lowest BCUT2D eigenvalue weighted by Crippen LogP contribution is -2.30. The molecule has 0 fully saturated rings. The Hall–Kier alpha value is -3.12. The van der Waals surface area contributed by atoms with E-state index in [1.165, 1.54) is 6.07 Å². The second-order valence-electron chi connectivity index (χ2n) is 7.11. The number of aromatic nitrogens is 3. The quantitative estimate of drug-likeness (QED) is 0.647. The molecule has 1 N–H and O–H groups in total. The van der Waals surface area contributed by atoms with Gasteiger partial charge in [0, 0.05) is 43.0 Å². The van der Waals surface area contributed by atoms with Crippen LogP contribution in [0.2, 0.25) is 0 Å². The van der Waals surface area contributed by atoms with Crippen LogP contribution in [0.4, 0.5) is 4.39 Å². The number of ether oxygens (including phenoxy) is 1. The minimum Gasteiger partial charge on any atom is -0.488 e. The molecule has 0 aliphatic carbocycles. The molecule has 6 heteroatoms. The van der Waals surface area contributed by atoms with Crippen LogP contribution in [0.15, 0.2) is 48.8 Å². The molecule has 5 nitrogen and oxygen atoms in total. The van der Waals surface area contributed by atoms with Crippen molar-refractivity contribution in [2.75, 3.05) is 13.1 Å². The third-order valence-electron chi connectivity index (χ3n) is 4.86. The number of pyridine rings is 1. The first-order chi connectivity index (χ1) is 14.1. The number of benzene rings is 1. The van der Waals surface area contributed by atoms with Crippen molar-refractivity contribution in [1.29, 1.82) is 0 Å². The van der Waals surface area contributed by atoms with Gasteiger partial charge in [0.1, 0.15) is 17.7 Å². The number of nitrogens with zero attached hydrogens (tertiary/aromatic N) is 3. The Morgan fingerprint density at radius 2 is 2.10 bits per heavy atom. The van der Waals surface area contributed by atoms with Crippen molar-refractivity contribution < 1.29 is 9.13 Å². The van der Waals surface area contributed by atoms with E-state index in [4.69, 9.17) is 4.74 Å². The maximum Gasteiger partial charge on any atom is 0.135 e. The number of aryl methyl sites for hydroxylation is 2. The van der Waals surface area contributed by atoms with Gasteiger partial charge in [0.15, 0.2) is 0 Å². The normalized spacial score (nSPS) is 15.5. The van der Waals surface area contributed by atoms with E-state index in [2.05, 4.69) is 20.3 Å². The highest BCUT2D eigenvalue weighted by atomic mass is 19.1. The van der Waals surface area contributed by atoms with Crippen LogP contribution in [-0.2, 0) is 6.42 Å². The molecule has 1 aliphatic rings. The summed E-state index contributed by atoms with van der Waals surface area (Å²) in [6, 6.07) is 9.02. The minimum atomic E-state index is -0.237. The van der Waals surface area contributed by atoms with Crippen molar-refractivity contribution in [1.82, 2.24) is 20.3 Å². The molecule has 3 heterocycles. The van der Waals surface area contributed by atoms with E-state index < -0.39 is 0 Å². The first-order valence-electron chi connectivity index (χ1n) is 9.69. The first-order valence-corrected chi connectivity index (χ1v) is 9.69. The summed E-state index contributed by atoms with van der Waals surface area (Å²) in [5, 5.41) is 3.34. The minimum absolute atomic E-state index is 0.123. The lowest BCUT2D eigenvalue weighted by molar-refractivity contribution is 0.230. The molecule has 0 spiro atoms. The second kappa shape index (κ2) is 8.49. The zero-order valence-electron chi connectivity index (χ0n) is 16.5. The summed E-state index contributed by atoms with van der Waals surface area (Å²) in [6.07, 6.45) is 7.89. The number of halogens is 1. The average molecular weight is 390 g/mol. The predicted octanol–water partition coefficient (Wildman–Crippen LogP) is 3.90. The van der Waals surface area contributed by atoms with Crippen molar-refractivity contribution in [3.8, 4) is 17.0 Å². The van der Waals surface area contributed by atoms with Crippen LogP contribution in [0.25, 0.3) is 17.3 Å². The molecule has 1 atom stereocenters. The van der Waals surface area contributed by atoms with Crippen LogP contribution in [0.3, 0.4) is 0 Å². The molecule has 1 unspecified atom stereocenters. The number of hydrogen-bond acceptors (Lipinski definition) is 5. The molecule has 0 bridgehead atoms. The molecule has 148 valence electrons. The van der Waals surface area contributed by atoms with E-state index in [-0.39, 0.29) is 11.9 Å². The second-order valence-corrected chi connectivity index (χ2v) is 7.11. The molecule has 0 saturated carbocycles. The van der Waals surface area contributed by atoms with Gasteiger partial charge in [0.2, 0.25) is 0 Å². The van der Waals surface area contributed by atoms with Crippen molar-refractivity contribution in [2.24, 2.45) is 0 Å². The highest BCUT2D eigenvalue weighted by molar-refractivity contribution is 5.72. The van der Waals surface area contributed by atoms with Gasteiger partial charge in [0.05, 0.1) is 22.8 Å². The Bertz CT molecular complexity index is 1040. The van der Waals surface area contributed by atoms with Gasteiger partial charge in [-0.2, -0.15) is 0 Å². The third kappa shape index (κ3) is 4.32. The van der Waals surface area contributed by atoms with E-state index >= 15 is 0 Å². The third-order valence-corrected chi connectivity index (χ3v) is 4.86. The van der Waals surface area contributed by atoms with Gasteiger partial charge < -0.3 is 10.1 Å². The molecule has 0 radical (unpaired) electrons. The van der Waals surface area contributed by atoms with Crippen LogP contribution in [0.1, 0.15) is 22.6 Å². The van der Waals surface area contributed by atoms with E-state index in [1.807, 2.05) is 44.2 Å². The number of nitrogens with one attached hydrogen (secondary N) is 1. The largest absolute Gasteiger partial charge is 0.488 e. The average Bonchev–Trinajstić information content (AvgIpc) is 3.16. The number of fused-ring (bicyclic) bond motifs is 1. The first kappa shape index (κ1) is 19.2. The molecule has 1 aromatic carbocycles. The fourth-order valence-corrected chi connectivity index (χ4v) is 3.44. The predicted molar refractivity (Wildman–Crippen MR) is 111 cm³/mol. The smallest absolute Gasteiger partial charge is 0.135 e. The van der Waals surface area contributed by atoms with Gasteiger partial charge in [0.25, 0.3) is 0 Å². The molecule has 0 saturated heterocycles. The summed E-state index contributed by atoms with van der Waals surface area (Å²) in [5.74, 6) is 0.350. The molecule has 2 aromatic heterocycles. The Labute approximate surface area is 169 Å². The van der Waals surface area contributed by atoms with Crippen LogP contribution in [-0.4, -0.2) is 34.1 Å². The SMILES string of the molecule is Cc1cnc(C)c(-c2ccc(F)c3c2OC(CNC/C=C/c2ccccn2)C3)n1. The molecular weight excluding hydrogens is 367 g/mol. The van der Waals surface area contributed by atoms with Gasteiger partial charge >= 0.3 is 0 Å². The molecule has 0 amide bonds. The molecular formula is C23H23FN4O. The van der Waals surface area contributed by atoms with Crippen molar-refractivity contribution >= 4 is 6.08 Å². The molecule has 1 aliphatic heterocycles. The van der Waals surface area contributed by atoms with Crippen molar-refractivity contribution in [3.05, 3.63) is 77.3 Å². The topological polar surface area (TPSA) is 59.9 Å². The van der Waals surface area contributed by atoms with E-state index in [1.54, 1.807) is 18.5 Å². The van der Waals surface area contributed by atoms with Crippen LogP contribution >= 0.6 is 0 Å². The van der Waals surface area contributed by atoms with E-state index in [0.717, 1.165) is 28.3 Å². The Kier molecular flexibility index (Phi) is 5.62. The van der Waals surface area contributed by atoms with Crippen LogP contribution in [0, 0.1) is 19.7 Å². The fourth-order valence-electron chi connectivity index (χ4n) is 3.44. The van der Waals surface area contributed by atoms with Gasteiger partial charge in [-0.15, -0.1) is 0 Å². The Morgan fingerprint density at radius 3 is 2.93 bits per heavy atom. The number of hydrogen-bond donors (Lipinski definition) is 1. The summed E-state index contributed by atoms with van der Waals surface area (Å²) in [6.45, 7) is 5.11. The number of rotatable bonds is 6. The lowest BCUT2D eigenvalue weighted by Gasteiger charge is -2.13. The van der Waals surface area contributed by atoms with Crippen molar-refractivity contribution in [2.45, 2.75) is 26.4 Å². The van der Waals surface area contributed by atoms with E-state index in [9.17, 15) is 4.39 Å². The Balaban J connectivity index is 1.43. The molecule has 3 aromatic rings. The highest BCUT2D eigenvalue weighted by Crippen LogP contribution is 2.40. The summed E-state index contributed by atoms with van der Waals surface area (Å²) in [4.78, 5) is 13.2. The van der Waals surface area contributed by atoms with Gasteiger partial charge in [-0.3, -0.25) is 9.97 Å². The Morgan fingerprint density at radius 1 is 1.21 bits per heavy atom. The maximum atomic E-state index is 14.4. The fraction of sp³-hybridized carbons (Fsp3) is 0.261. The van der Waals surface area contributed by atoms with E-state index in [0.29, 0.717) is 30.8 Å². The van der Waals surface area contributed by atoms with Gasteiger partial charge in [-0.05, 0) is 44.2 Å². The summed E-state index contributed by atoms with van der Waals surface area (Å²) in [5.41, 5.74) is 4.69. The zero-order chi connectivity index (χ0) is 20.2. The summed E-state index contributed by atoms with van der Waals surface area (Å²) < 4.78 is 20.5. The molecule has 4 rings (SSSR count). The van der Waals surface area contributed by atoms with Crippen LogP contribution in [0.5, 0.6) is 5.75 Å². The van der Waals surface area contributed by atoms with Crippen LogP contribution < -0.4 is 10.1 Å². The maximum absolute atomic E-state index is 14.4.